The minimum atomic E-state index is -0.372. The third-order valence-electron chi connectivity index (χ3n) is 5.25. The van der Waals surface area contributed by atoms with Gasteiger partial charge in [0.2, 0.25) is 5.91 Å². The number of thiazole rings is 1. The van der Waals surface area contributed by atoms with E-state index in [0.717, 1.165) is 18.7 Å². The predicted molar refractivity (Wildman–Crippen MR) is 119 cm³/mol. The maximum atomic E-state index is 13.4. The van der Waals surface area contributed by atoms with Gasteiger partial charge in [-0.2, -0.15) is 0 Å². The minimum Gasteiger partial charge on any atom is -0.329 e. The highest BCUT2D eigenvalue weighted by atomic mass is 32.1. The van der Waals surface area contributed by atoms with E-state index in [0.29, 0.717) is 17.2 Å². The van der Waals surface area contributed by atoms with Gasteiger partial charge in [0.25, 0.3) is 11.5 Å². The molecule has 3 aromatic rings. The van der Waals surface area contributed by atoms with Gasteiger partial charge in [-0.25, -0.2) is 4.98 Å². The molecule has 4 rings (SSSR count). The largest absolute Gasteiger partial charge is 0.329 e. The predicted octanol–water partition coefficient (Wildman–Crippen LogP) is 2.07. The van der Waals surface area contributed by atoms with Gasteiger partial charge in [-0.05, 0) is 18.7 Å². The van der Waals surface area contributed by atoms with E-state index in [1.807, 2.05) is 42.3 Å². The first-order chi connectivity index (χ1) is 15.0. The fraction of sp³-hybridized carbons (Fsp3) is 0.273. The molecule has 1 aromatic carbocycles. The molecule has 1 N–H and O–H groups in total. The van der Waals surface area contributed by atoms with Gasteiger partial charge in [-0.1, -0.05) is 30.3 Å². The molecule has 0 spiro atoms. The Bertz CT molecular complexity index is 1110. The van der Waals surface area contributed by atoms with Crippen LogP contribution in [0.1, 0.15) is 22.0 Å². The van der Waals surface area contributed by atoms with Gasteiger partial charge in [0, 0.05) is 43.5 Å². The van der Waals surface area contributed by atoms with E-state index in [2.05, 4.69) is 15.2 Å². The Hall–Kier alpha value is -3.30. The fourth-order valence-corrected chi connectivity index (χ4v) is 4.21. The number of aromatic nitrogens is 2. The lowest BCUT2D eigenvalue weighted by Crippen LogP contribution is -2.49. The van der Waals surface area contributed by atoms with E-state index in [4.69, 9.17) is 0 Å². The first-order valence-electron chi connectivity index (χ1n) is 9.95. The molecule has 0 saturated carbocycles. The number of anilines is 1. The molecule has 31 heavy (non-hydrogen) atoms. The molecular weight excluding hydrogens is 414 g/mol. The molecule has 1 fully saturated rings. The number of carbonyl (C=O) groups is 2. The third kappa shape index (κ3) is 4.89. The second kappa shape index (κ2) is 9.23. The summed E-state index contributed by atoms with van der Waals surface area (Å²) in [6, 6.07) is 12.7. The Morgan fingerprint density at radius 3 is 2.71 bits per heavy atom. The quantitative estimate of drug-likeness (QED) is 0.660. The Morgan fingerprint density at radius 2 is 1.97 bits per heavy atom. The highest BCUT2D eigenvalue weighted by Gasteiger charge is 2.31. The Morgan fingerprint density at radius 1 is 1.16 bits per heavy atom. The lowest BCUT2D eigenvalue weighted by atomic mass is 10.0. The summed E-state index contributed by atoms with van der Waals surface area (Å²) in [4.78, 5) is 46.0. The summed E-state index contributed by atoms with van der Waals surface area (Å²) < 4.78 is 1.25. The van der Waals surface area contributed by atoms with Gasteiger partial charge >= 0.3 is 0 Å². The SMILES string of the molecule is CN1CCN(C(=O)c2ccc(=O)n(CC(=O)Nc3nccs3)c2)[C@H](c2ccccc2)C1. The fourth-order valence-electron chi connectivity index (χ4n) is 3.67. The number of carbonyl (C=O) groups excluding carboxylic acids is 2. The molecule has 8 nitrogen and oxygen atoms in total. The molecule has 0 bridgehead atoms. The molecule has 2 aromatic heterocycles. The highest BCUT2D eigenvalue weighted by Crippen LogP contribution is 2.26. The topological polar surface area (TPSA) is 87.5 Å². The van der Waals surface area contributed by atoms with Gasteiger partial charge in [-0.3, -0.25) is 14.4 Å². The standard InChI is InChI=1S/C22H23N5O3S/c1-25-10-11-27(18(14-25)16-5-3-2-4-6-16)21(30)17-7-8-20(29)26(13-17)15-19(28)24-22-23-9-12-31-22/h2-9,12-13,18H,10-11,14-15H2,1H3,(H,23,24,28)/t18-/m0/s1. The summed E-state index contributed by atoms with van der Waals surface area (Å²) in [5.74, 6) is -0.528. The van der Waals surface area contributed by atoms with Crippen LogP contribution < -0.4 is 10.9 Å². The molecule has 0 aliphatic carbocycles. The average molecular weight is 438 g/mol. The monoisotopic (exact) mass is 437 g/mol. The molecule has 9 heteroatoms. The summed E-state index contributed by atoms with van der Waals surface area (Å²) in [5.41, 5.74) is 1.11. The second-order valence-corrected chi connectivity index (χ2v) is 8.35. The Labute approximate surface area is 183 Å². The van der Waals surface area contributed by atoms with Crippen molar-refractivity contribution in [2.24, 2.45) is 0 Å². The van der Waals surface area contributed by atoms with Crippen LogP contribution in [-0.2, 0) is 11.3 Å². The molecule has 160 valence electrons. The molecule has 2 amide bonds. The molecular formula is C22H23N5O3S. The third-order valence-corrected chi connectivity index (χ3v) is 5.94. The zero-order valence-electron chi connectivity index (χ0n) is 17.1. The summed E-state index contributed by atoms with van der Waals surface area (Å²) in [6.07, 6.45) is 3.05. The van der Waals surface area contributed by atoms with Crippen molar-refractivity contribution in [3.63, 3.8) is 0 Å². The van der Waals surface area contributed by atoms with E-state index >= 15 is 0 Å². The first-order valence-corrected chi connectivity index (χ1v) is 10.8. The number of hydrogen-bond acceptors (Lipinski definition) is 6. The van der Waals surface area contributed by atoms with Gasteiger partial charge in [-0.15, -0.1) is 11.3 Å². The molecule has 1 aliphatic rings. The summed E-state index contributed by atoms with van der Waals surface area (Å²) in [6.45, 7) is 1.89. The number of rotatable bonds is 5. The van der Waals surface area contributed by atoms with Crippen LogP contribution in [-0.4, -0.2) is 57.8 Å². The van der Waals surface area contributed by atoms with Gasteiger partial charge in [0.1, 0.15) is 6.54 Å². The summed E-state index contributed by atoms with van der Waals surface area (Å²) >= 11 is 1.30. The van der Waals surface area contributed by atoms with E-state index in [9.17, 15) is 14.4 Å². The molecule has 1 saturated heterocycles. The van der Waals surface area contributed by atoms with Crippen molar-refractivity contribution >= 4 is 28.3 Å². The van der Waals surface area contributed by atoms with Crippen molar-refractivity contribution < 1.29 is 9.59 Å². The highest BCUT2D eigenvalue weighted by molar-refractivity contribution is 7.13. The molecule has 1 aliphatic heterocycles. The van der Waals surface area contributed by atoms with E-state index in [1.165, 1.54) is 34.2 Å². The number of piperazine rings is 1. The first kappa shape index (κ1) is 21.0. The van der Waals surface area contributed by atoms with Crippen molar-refractivity contribution in [2.45, 2.75) is 12.6 Å². The van der Waals surface area contributed by atoms with Gasteiger partial charge < -0.3 is 19.7 Å². The number of hydrogen-bond donors (Lipinski definition) is 1. The normalized spacial score (nSPS) is 16.8. The van der Waals surface area contributed by atoms with Crippen molar-refractivity contribution in [2.75, 3.05) is 32.0 Å². The number of nitrogens with one attached hydrogen (secondary N) is 1. The zero-order chi connectivity index (χ0) is 21.8. The smallest absolute Gasteiger partial charge is 0.255 e. The van der Waals surface area contributed by atoms with Crippen LogP contribution in [0.25, 0.3) is 0 Å². The van der Waals surface area contributed by atoms with Crippen LogP contribution in [0.5, 0.6) is 0 Å². The molecule has 1 atom stereocenters. The minimum absolute atomic E-state index is 0.0824. The van der Waals surface area contributed by atoms with Crippen LogP contribution in [0.3, 0.4) is 0 Å². The Kier molecular flexibility index (Phi) is 6.24. The molecule has 0 radical (unpaired) electrons. The van der Waals surface area contributed by atoms with Crippen molar-refractivity contribution in [1.82, 2.24) is 19.4 Å². The van der Waals surface area contributed by atoms with Crippen molar-refractivity contribution in [1.29, 1.82) is 0 Å². The molecule has 0 unspecified atom stereocenters. The van der Waals surface area contributed by atoms with E-state index in [1.54, 1.807) is 11.6 Å². The average Bonchev–Trinajstić information content (AvgIpc) is 3.28. The number of nitrogens with zero attached hydrogens (tertiary/aromatic N) is 4. The van der Waals surface area contributed by atoms with E-state index in [-0.39, 0.29) is 30.0 Å². The second-order valence-electron chi connectivity index (χ2n) is 7.46. The van der Waals surface area contributed by atoms with Crippen LogP contribution in [0.4, 0.5) is 5.13 Å². The van der Waals surface area contributed by atoms with E-state index < -0.39 is 0 Å². The lowest BCUT2D eigenvalue weighted by molar-refractivity contribution is -0.116. The zero-order valence-corrected chi connectivity index (χ0v) is 17.9. The van der Waals surface area contributed by atoms with Crippen molar-refractivity contribution in [3.05, 3.63) is 81.7 Å². The van der Waals surface area contributed by atoms with Crippen LogP contribution in [0.15, 0.2) is 65.0 Å². The number of amides is 2. The lowest BCUT2D eigenvalue weighted by Gasteiger charge is -2.40. The number of pyridine rings is 1. The Balaban J connectivity index is 1.55. The summed E-state index contributed by atoms with van der Waals surface area (Å²) in [7, 11) is 2.04. The van der Waals surface area contributed by atoms with Gasteiger partial charge in [0.15, 0.2) is 5.13 Å². The van der Waals surface area contributed by atoms with Crippen LogP contribution >= 0.6 is 11.3 Å². The van der Waals surface area contributed by atoms with Gasteiger partial charge in [0.05, 0.1) is 11.6 Å². The van der Waals surface area contributed by atoms with Crippen LogP contribution in [0, 0.1) is 0 Å². The van der Waals surface area contributed by atoms with Crippen LogP contribution in [0.2, 0.25) is 0 Å². The number of benzene rings is 1. The number of likely N-dealkylation sites (N-methyl/N-ethyl adjacent to an activating group) is 1. The molecule has 3 heterocycles. The maximum Gasteiger partial charge on any atom is 0.255 e. The maximum absolute atomic E-state index is 13.4. The van der Waals surface area contributed by atoms with Crippen molar-refractivity contribution in [3.8, 4) is 0 Å². The summed E-state index contributed by atoms with van der Waals surface area (Å²) in [5, 5.41) is 4.87.